The summed E-state index contributed by atoms with van der Waals surface area (Å²) in [6.07, 6.45) is 1.62. The van der Waals surface area contributed by atoms with E-state index >= 15 is 0 Å². The minimum absolute atomic E-state index is 0.0249. The van der Waals surface area contributed by atoms with Crippen molar-refractivity contribution in [2.75, 3.05) is 38.2 Å². The number of ether oxygens (including phenoxy) is 1. The number of rotatable bonds is 6. The maximum Gasteiger partial charge on any atom is 0.278 e. The van der Waals surface area contributed by atoms with Gasteiger partial charge in [-0.05, 0) is 17.6 Å². The molecule has 4 rings (SSSR count). The molecule has 0 spiro atoms. The Hall–Kier alpha value is -2.13. The van der Waals surface area contributed by atoms with Gasteiger partial charge in [-0.15, -0.1) is 0 Å². The van der Waals surface area contributed by atoms with Crippen molar-refractivity contribution in [3.63, 3.8) is 0 Å². The lowest BCUT2D eigenvalue weighted by molar-refractivity contribution is 0.0365. The molecule has 0 aliphatic carbocycles. The number of morpholine rings is 1. The van der Waals surface area contributed by atoms with Crippen LogP contribution < -0.4 is 10.9 Å². The molecule has 0 bridgehead atoms. The molecule has 2 N–H and O–H groups in total. The Labute approximate surface area is 174 Å². The largest absolute Gasteiger partial charge is 0.379 e. The molecule has 3 heterocycles. The van der Waals surface area contributed by atoms with Gasteiger partial charge in [-0.25, -0.2) is 4.98 Å². The average Bonchev–Trinajstić information content (AvgIpc) is 3.16. The smallest absolute Gasteiger partial charge is 0.278 e. The van der Waals surface area contributed by atoms with Crippen LogP contribution in [0, 0.1) is 0 Å². The zero-order valence-electron chi connectivity index (χ0n) is 17.0. The van der Waals surface area contributed by atoms with E-state index in [0.717, 1.165) is 32.8 Å². The zero-order chi connectivity index (χ0) is 21.3. The van der Waals surface area contributed by atoms with Gasteiger partial charge in [0.25, 0.3) is 5.56 Å². The number of hydrogen-bond donors (Lipinski definition) is 2. The van der Waals surface area contributed by atoms with Gasteiger partial charge >= 0.3 is 0 Å². The summed E-state index contributed by atoms with van der Waals surface area (Å²) in [5, 5.41) is 3.03. The number of nitrogens with zero attached hydrogens (tertiary/aromatic N) is 4. The van der Waals surface area contributed by atoms with Crippen LogP contribution in [0.5, 0.6) is 0 Å². The molecule has 0 saturated carbocycles. The van der Waals surface area contributed by atoms with E-state index in [1.807, 2.05) is 0 Å². The average molecular weight is 425 g/mol. The molecule has 3 aromatic rings. The monoisotopic (exact) mass is 424 g/mol. The summed E-state index contributed by atoms with van der Waals surface area (Å²) in [4.78, 5) is 26.2. The fourth-order valence-electron chi connectivity index (χ4n) is 3.03. The van der Waals surface area contributed by atoms with Crippen LogP contribution in [0.1, 0.15) is 8.30 Å². The van der Waals surface area contributed by atoms with Crippen molar-refractivity contribution in [3.8, 4) is 0 Å². The highest BCUT2D eigenvalue weighted by molar-refractivity contribution is 6.42. The molecule has 0 radical (unpaired) electrons. The summed E-state index contributed by atoms with van der Waals surface area (Å²) < 4.78 is 23.0. The zero-order valence-corrected chi connectivity index (χ0v) is 16.5. The molecule has 2 aromatic heterocycles. The summed E-state index contributed by atoms with van der Waals surface area (Å²) >= 11 is 11.9. The molecule has 28 heavy (non-hydrogen) atoms. The lowest BCUT2D eigenvalue weighted by Crippen LogP contribution is -2.38. The molecule has 8 nitrogen and oxygen atoms in total. The first-order valence-electron chi connectivity index (χ1n) is 9.87. The molecule has 148 valence electrons. The Morgan fingerprint density at radius 2 is 2.11 bits per heavy atom. The number of halogens is 2. The number of aromatic nitrogens is 4. The van der Waals surface area contributed by atoms with Crippen molar-refractivity contribution in [3.05, 3.63) is 50.4 Å². The summed E-state index contributed by atoms with van der Waals surface area (Å²) in [7, 11) is 0. The van der Waals surface area contributed by atoms with E-state index in [9.17, 15) is 4.79 Å². The first kappa shape index (κ1) is 16.8. The van der Waals surface area contributed by atoms with Crippen LogP contribution in [0.15, 0.2) is 29.3 Å². The van der Waals surface area contributed by atoms with Gasteiger partial charge in [0, 0.05) is 32.7 Å². The van der Waals surface area contributed by atoms with Gasteiger partial charge in [0.1, 0.15) is 0 Å². The Bertz CT molecular complexity index is 1130. The van der Waals surface area contributed by atoms with E-state index in [1.54, 1.807) is 10.9 Å². The molecule has 1 aliphatic heterocycles. The summed E-state index contributed by atoms with van der Waals surface area (Å²) in [5.74, 6) is 0.225. The number of H-pyrrole nitrogens is 1. The molecule has 0 atom stereocenters. The maximum absolute atomic E-state index is 12.6. The number of fused-ring (bicyclic) bond motifs is 1. The van der Waals surface area contributed by atoms with E-state index in [4.69, 9.17) is 30.7 Å². The normalized spacial score (nSPS) is 16.2. The van der Waals surface area contributed by atoms with Crippen molar-refractivity contribution in [1.29, 1.82) is 0 Å². The molecule has 1 aromatic carbocycles. The Morgan fingerprint density at radius 1 is 1.29 bits per heavy atom. The van der Waals surface area contributed by atoms with Gasteiger partial charge in [0.15, 0.2) is 11.2 Å². The van der Waals surface area contributed by atoms with Gasteiger partial charge in [0.05, 0.1) is 32.3 Å². The van der Waals surface area contributed by atoms with Crippen LogP contribution in [0.2, 0.25) is 10.0 Å². The standard InChI is InChI=1S/C18H20Cl2N6O2/c19-13-2-1-12(9-14(13)20)10-21-18-23-16-15(17(27)24-18)26(11-22-16)4-3-25-5-7-28-8-6-25/h1-2,9,11H,3-8,10H2,(H2,21,23,24,27)/i2D,9D. The molecule has 0 unspecified atom stereocenters. The third kappa shape index (κ3) is 4.30. The predicted molar refractivity (Wildman–Crippen MR) is 109 cm³/mol. The Morgan fingerprint density at radius 3 is 2.93 bits per heavy atom. The van der Waals surface area contributed by atoms with Crippen LogP contribution in [0.4, 0.5) is 5.95 Å². The topological polar surface area (TPSA) is 88.1 Å². The van der Waals surface area contributed by atoms with E-state index in [1.165, 1.54) is 6.07 Å². The quantitative estimate of drug-likeness (QED) is 0.631. The van der Waals surface area contributed by atoms with Crippen molar-refractivity contribution < 1.29 is 7.48 Å². The van der Waals surface area contributed by atoms with Crippen molar-refractivity contribution in [1.82, 2.24) is 24.4 Å². The number of anilines is 1. The highest BCUT2D eigenvalue weighted by Gasteiger charge is 2.14. The second-order valence-electron chi connectivity index (χ2n) is 6.40. The molecule has 10 heteroatoms. The molecule has 0 amide bonds. The molecular formula is C18H20Cl2N6O2. The fourth-order valence-corrected chi connectivity index (χ4v) is 3.31. The first-order chi connectivity index (χ1) is 14.4. The van der Waals surface area contributed by atoms with E-state index in [0.29, 0.717) is 23.3 Å². The van der Waals surface area contributed by atoms with Crippen LogP contribution in [0.25, 0.3) is 11.2 Å². The van der Waals surface area contributed by atoms with Crippen molar-refractivity contribution in [2.24, 2.45) is 0 Å². The fraction of sp³-hybridized carbons (Fsp3) is 0.389. The number of benzene rings is 1. The molecule has 1 fully saturated rings. The SMILES string of the molecule is [2H]c1cc(CNc2nc3ncn(CCN4CCOCC4)c3c(=O)[nH]2)c([2H])c(Cl)c1Cl. The lowest BCUT2D eigenvalue weighted by atomic mass is 10.2. The van der Waals surface area contributed by atoms with Gasteiger partial charge in [-0.3, -0.25) is 14.7 Å². The van der Waals surface area contributed by atoms with Crippen molar-refractivity contribution in [2.45, 2.75) is 13.1 Å². The van der Waals surface area contributed by atoms with E-state index in [-0.39, 0.29) is 40.2 Å². The van der Waals surface area contributed by atoms with Gasteiger partial charge < -0.3 is 14.6 Å². The summed E-state index contributed by atoms with van der Waals surface area (Å²) in [5.41, 5.74) is 0.916. The number of nitrogens with one attached hydrogen (secondary N) is 2. The van der Waals surface area contributed by atoms with Crippen LogP contribution in [-0.2, 0) is 17.8 Å². The highest BCUT2D eigenvalue weighted by Crippen LogP contribution is 2.22. The second-order valence-corrected chi connectivity index (χ2v) is 7.16. The van der Waals surface area contributed by atoms with Gasteiger partial charge in [-0.2, -0.15) is 4.98 Å². The number of aromatic amines is 1. The van der Waals surface area contributed by atoms with Crippen molar-refractivity contribution >= 4 is 40.3 Å². The molecular weight excluding hydrogens is 403 g/mol. The Kier molecular flexibility index (Phi) is 5.09. The van der Waals surface area contributed by atoms with E-state index in [2.05, 4.69) is 25.2 Å². The highest BCUT2D eigenvalue weighted by atomic mass is 35.5. The van der Waals surface area contributed by atoms with Gasteiger partial charge in [0.2, 0.25) is 5.95 Å². The number of hydrogen-bond acceptors (Lipinski definition) is 6. The van der Waals surface area contributed by atoms with Crippen LogP contribution >= 0.6 is 23.2 Å². The molecule has 1 saturated heterocycles. The third-order valence-electron chi connectivity index (χ3n) is 4.53. The second kappa shape index (κ2) is 8.48. The number of imidazole rings is 1. The minimum Gasteiger partial charge on any atom is -0.379 e. The lowest BCUT2D eigenvalue weighted by Gasteiger charge is -2.26. The Balaban J connectivity index is 1.49. The first-order valence-corrected chi connectivity index (χ1v) is 9.63. The van der Waals surface area contributed by atoms with Crippen LogP contribution in [-0.4, -0.2) is 57.3 Å². The predicted octanol–water partition coefficient (Wildman–Crippen LogP) is 2.37. The summed E-state index contributed by atoms with van der Waals surface area (Å²) in [6, 6.07) is 1.52. The molecule has 1 aliphatic rings. The third-order valence-corrected chi connectivity index (χ3v) is 5.20. The van der Waals surface area contributed by atoms with Gasteiger partial charge in [-0.1, -0.05) is 29.3 Å². The van der Waals surface area contributed by atoms with E-state index < -0.39 is 0 Å². The minimum atomic E-state index is -0.302. The summed E-state index contributed by atoms with van der Waals surface area (Å²) in [6.45, 7) is 4.78. The maximum atomic E-state index is 12.6. The van der Waals surface area contributed by atoms with Crippen LogP contribution in [0.3, 0.4) is 0 Å².